The highest BCUT2D eigenvalue weighted by molar-refractivity contribution is 9.10. The van der Waals surface area contributed by atoms with Gasteiger partial charge in [0, 0.05) is 15.1 Å². The van der Waals surface area contributed by atoms with Crippen molar-refractivity contribution in [2.75, 3.05) is 6.61 Å². The van der Waals surface area contributed by atoms with Gasteiger partial charge in [-0.2, -0.15) is 0 Å². The molecule has 0 saturated carbocycles. The molecular weight excluding hydrogens is 442 g/mol. The first-order chi connectivity index (χ1) is 12.3. The number of carbonyl (C=O) groups is 2. The van der Waals surface area contributed by atoms with Crippen LogP contribution in [0.5, 0.6) is 5.75 Å². The molecule has 136 valence electrons. The Labute approximate surface area is 169 Å². The van der Waals surface area contributed by atoms with Gasteiger partial charge in [0.25, 0.3) is 11.8 Å². The van der Waals surface area contributed by atoms with Crippen LogP contribution in [0.25, 0.3) is 0 Å². The van der Waals surface area contributed by atoms with Crippen molar-refractivity contribution in [3.63, 3.8) is 0 Å². The Kier molecular flexibility index (Phi) is 7.38. The molecule has 2 aromatic carbocycles. The third-order valence-electron chi connectivity index (χ3n) is 3.14. The molecule has 0 aliphatic carbocycles. The lowest BCUT2D eigenvalue weighted by molar-refractivity contribution is -0.121. The monoisotopic (exact) mass is 455 g/mol. The number of ether oxygens (including phenoxy) is 1. The molecular formula is C17H15BrClN3O3S. The van der Waals surface area contributed by atoms with Crippen LogP contribution in [0.1, 0.15) is 15.9 Å². The molecule has 0 aliphatic rings. The number of nitrogens with one attached hydrogen (secondary N) is 3. The van der Waals surface area contributed by atoms with Crippen molar-refractivity contribution in [3.8, 4) is 5.75 Å². The summed E-state index contributed by atoms with van der Waals surface area (Å²) in [6.45, 7) is 1.66. The number of thiocarbonyl (C=S) groups is 1. The third-order valence-corrected chi connectivity index (χ3v) is 4.09. The SMILES string of the molecule is Cc1cc(Br)ccc1OCC(=O)NC(=S)NNC(=O)c1ccc(Cl)cc1. The summed E-state index contributed by atoms with van der Waals surface area (Å²) in [5.74, 6) is -0.274. The summed E-state index contributed by atoms with van der Waals surface area (Å²) in [6.07, 6.45) is 0. The molecule has 0 fully saturated rings. The number of hydrazine groups is 1. The predicted octanol–water partition coefficient (Wildman–Crippen LogP) is 3.13. The second kappa shape index (κ2) is 9.51. The Hall–Kier alpha value is -2.16. The summed E-state index contributed by atoms with van der Waals surface area (Å²) >= 11 is 14.1. The quantitative estimate of drug-likeness (QED) is 0.487. The zero-order chi connectivity index (χ0) is 19.1. The van der Waals surface area contributed by atoms with Gasteiger partial charge in [0.1, 0.15) is 5.75 Å². The predicted molar refractivity (Wildman–Crippen MR) is 107 cm³/mol. The van der Waals surface area contributed by atoms with Gasteiger partial charge < -0.3 is 4.74 Å². The molecule has 3 N–H and O–H groups in total. The van der Waals surface area contributed by atoms with Gasteiger partial charge in [-0.25, -0.2) is 0 Å². The number of amides is 2. The highest BCUT2D eigenvalue weighted by Crippen LogP contribution is 2.21. The maximum Gasteiger partial charge on any atom is 0.269 e. The lowest BCUT2D eigenvalue weighted by Crippen LogP contribution is -2.49. The molecule has 0 saturated heterocycles. The Bertz CT molecular complexity index is 831. The number of aryl methyl sites for hydroxylation is 1. The van der Waals surface area contributed by atoms with Crippen LogP contribution in [0.15, 0.2) is 46.9 Å². The maximum absolute atomic E-state index is 11.9. The number of benzene rings is 2. The highest BCUT2D eigenvalue weighted by atomic mass is 79.9. The molecule has 0 aliphatic heterocycles. The van der Waals surface area contributed by atoms with E-state index < -0.39 is 11.8 Å². The molecule has 26 heavy (non-hydrogen) atoms. The fourth-order valence-corrected chi connectivity index (χ4v) is 2.67. The fraction of sp³-hybridized carbons (Fsp3) is 0.118. The third kappa shape index (κ3) is 6.29. The van der Waals surface area contributed by atoms with E-state index in [0.717, 1.165) is 10.0 Å². The van der Waals surface area contributed by atoms with Gasteiger partial charge in [0.15, 0.2) is 11.7 Å². The van der Waals surface area contributed by atoms with Crippen molar-refractivity contribution in [1.82, 2.24) is 16.2 Å². The van der Waals surface area contributed by atoms with E-state index in [9.17, 15) is 9.59 Å². The minimum Gasteiger partial charge on any atom is -0.483 e. The molecule has 0 unspecified atom stereocenters. The molecule has 9 heteroatoms. The van der Waals surface area contributed by atoms with E-state index >= 15 is 0 Å². The molecule has 0 atom stereocenters. The van der Waals surface area contributed by atoms with E-state index in [1.807, 2.05) is 19.1 Å². The van der Waals surface area contributed by atoms with Gasteiger partial charge in [-0.15, -0.1) is 0 Å². The van der Waals surface area contributed by atoms with Gasteiger partial charge in [-0.1, -0.05) is 27.5 Å². The molecule has 6 nitrogen and oxygen atoms in total. The van der Waals surface area contributed by atoms with E-state index in [1.165, 1.54) is 0 Å². The zero-order valence-electron chi connectivity index (χ0n) is 13.6. The van der Waals surface area contributed by atoms with Crippen LogP contribution in [0.2, 0.25) is 5.02 Å². The van der Waals surface area contributed by atoms with Crippen molar-refractivity contribution in [2.45, 2.75) is 6.92 Å². The number of halogens is 2. The standard InChI is InChI=1S/C17H15BrClN3O3S/c1-10-8-12(18)4-7-14(10)25-9-15(23)20-17(26)22-21-16(24)11-2-5-13(19)6-3-11/h2-8H,9H2,1H3,(H,21,24)(H2,20,22,23,26). The van der Waals surface area contributed by atoms with E-state index in [-0.39, 0.29) is 11.7 Å². The number of hydrogen-bond donors (Lipinski definition) is 3. The Balaban J connectivity index is 1.75. The van der Waals surface area contributed by atoms with E-state index in [0.29, 0.717) is 16.3 Å². The van der Waals surface area contributed by atoms with E-state index in [2.05, 4.69) is 32.1 Å². The molecule has 2 rings (SSSR count). The minimum absolute atomic E-state index is 0.0477. The van der Waals surface area contributed by atoms with Gasteiger partial charge >= 0.3 is 0 Å². The Morgan fingerprint density at radius 3 is 2.50 bits per heavy atom. The first-order valence-electron chi connectivity index (χ1n) is 7.40. The van der Waals surface area contributed by atoms with E-state index in [4.69, 9.17) is 28.6 Å². The maximum atomic E-state index is 11.9. The van der Waals surface area contributed by atoms with Crippen LogP contribution in [0.3, 0.4) is 0 Å². The molecule has 0 spiro atoms. The van der Waals surface area contributed by atoms with Crippen LogP contribution in [-0.4, -0.2) is 23.5 Å². The van der Waals surface area contributed by atoms with Crippen molar-refractivity contribution in [1.29, 1.82) is 0 Å². The molecule has 0 radical (unpaired) electrons. The van der Waals surface area contributed by atoms with E-state index in [1.54, 1.807) is 30.3 Å². The van der Waals surface area contributed by atoms with Crippen LogP contribution in [0.4, 0.5) is 0 Å². The Morgan fingerprint density at radius 1 is 1.15 bits per heavy atom. The lowest BCUT2D eigenvalue weighted by atomic mass is 10.2. The summed E-state index contributed by atoms with van der Waals surface area (Å²) in [6, 6.07) is 11.8. The number of hydrogen-bond acceptors (Lipinski definition) is 4. The summed E-state index contributed by atoms with van der Waals surface area (Å²) < 4.78 is 6.37. The van der Waals surface area contributed by atoms with Gasteiger partial charge in [0.05, 0.1) is 0 Å². The van der Waals surface area contributed by atoms with Crippen molar-refractivity contribution in [3.05, 3.63) is 63.1 Å². The smallest absolute Gasteiger partial charge is 0.269 e. The minimum atomic E-state index is -0.453. The highest BCUT2D eigenvalue weighted by Gasteiger charge is 2.09. The van der Waals surface area contributed by atoms with Crippen LogP contribution in [0, 0.1) is 6.92 Å². The molecule has 0 bridgehead atoms. The Morgan fingerprint density at radius 2 is 1.85 bits per heavy atom. The largest absolute Gasteiger partial charge is 0.483 e. The molecule has 2 amide bonds. The number of carbonyl (C=O) groups excluding carboxylic acids is 2. The van der Waals surface area contributed by atoms with Gasteiger partial charge in [-0.05, 0) is 67.2 Å². The van der Waals surface area contributed by atoms with Crippen molar-refractivity contribution >= 4 is 56.7 Å². The van der Waals surface area contributed by atoms with Crippen LogP contribution in [-0.2, 0) is 4.79 Å². The van der Waals surface area contributed by atoms with Gasteiger partial charge in [-0.3, -0.25) is 25.8 Å². The molecule has 2 aromatic rings. The van der Waals surface area contributed by atoms with Crippen molar-refractivity contribution in [2.24, 2.45) is 0 Å². The average Bonchev–Trinajstić information content (AvgIpc) is 2.59. The fourth-order valence-electron chi connectivity index (χ4n) is 1.90. The molecule has 0 heterocycles. The molecule has 0 aromatic heterocycles. The topological polar surface area (TPSA) is 79.5 Å². The summed E-state index contributed by atoms with van der Waals surface area (Å²) in [5.41, 5.74) is 6.11. The normalized spacial score (nSPS) is 9.96. The zero-order valence-corrected chi connectivity index (χ0v) is 16.8. The second-order valence-electron chi connectivity index (χ2n) is 5.16. The van der Waals surface area contributed by atoms with Crippen molar-refractivity contribution < 1.29 is 14.3 Å². The second-order valence-corrected chi connectivity index (χ2v) is 6.92. The first kappa shape index (κ1) is 20.2. The first-order valence-corrected chi connectivity index (χ1v) is 8.98. The summed E-state index contributed by atoms with van der Waals surface area (Å²) in [4.78, 5) is 23.8. The number of rotatable bonds is 4. The summed E-state index contributed by atoms with van der Waals surface area (Å²) in [7, 11) is 0. The lowest BCUT2D eigenvalue weighted by Gasteiger charge is -2.12. The van der Waals surface area contributed by atoms with Gasteiger partial charge in [0.2, 0.25) is 0 Å². The summed E-state index contributed by atoms with van der Waals surface area (Å²) in [5, 5.41) is 2.89. The van der Waals surface area contributed by atoms with Crippen LogP contribution >= 0.6 is 39.7 Å². The average molecular weight is 457 g/mol. The van der Waals surface area contributed by atoms with Crippen LogP contribution < -0.4 is 20.9 Å².